The van der Waals surface area contributed by atoms with E-state index < -0.39 is 0 Å². The number of hydrogen-bond acceptors (Lipinski definition) is 5. The summed E-state index contributed by atoms with van der Waals surface area (Å²) in [7, 11) is 4.75. The molecule has 0 aliphatic heterocycles. The largest absolute Gasteiger partial charge is 0.496 e. The quantitative estimate of drug-likeness (QED) is 0.877. The summed E-state index contributed by atoms with van der Waals surface area (Å²) >= 11 is 0. The molecule has 2 N–H and O–H groups in total. The second-order valence-electron chi connectivity index (χ2n) is 3.47. The number of rotatable bonds is 3. The summed E-state index contributed by atoms with van der Waals surface area (Å²) in [5.74, 6) is 2.31. The van der Waals surface area contributed by atoms with Gasteiger partial charge in [-0.3, -0.25) is 0 Å². The average Bonchev–Trinajstić information content (AvgIpc) is 2.35. The molecule has 0 saturated carbocycles. The third-order valence-electron chi connectivity index (χ3n) is 2.52. The number of nitrogen functional groups attached to an aromatic ring is 1. The lowest BCUT2D eigenvalue weighted by molar-refractivity contribution is 0.355. The maximum absolute atomic E-state index is 5.70. The van der Waals surface area contributed by atoms with E-state index in [4.69, 9.17) is 19.9 Å². The molecule has 1 aromatic carbocycles. The molecule has 0 radical (unpaired) electrons. The molecule has 1 aromatic heterocycles. The van der Waals surface area contributed by atoms with Crippen molar-refractivity contribution >= 4 is 16.7 Å². The lowest BCUT2D eigenvalue weighted by atomic mass is 10.1. The maximum Gasteiger partial charge on any atom is 0.162 e. The highest BCUT2D eigenvalue weighted by molar-refractivity contribution is 5.89. The topological polar surface area (TPSA) is 66.6 Å². The van der Waals surface area contributed by atoms with Crippen molar-refractivity contribution in [3.63, 3.8) is 0 Å². The molecule has 1 heterocycles. The average molecular weight is 234 g/mol. The molecule has 90 valence electrons. The van der Waals surface area contributed by atoms with E-state index >= 15 is 0 Å². The van der Waals surface area contributed by atoms with E-state index in [-0.39, 0.29) is 0 Å². The molecule has 17 heavy (non-hydrogen) atoms. The Labute approximate surface area is 99.1 Å². The van der Waals surface area contributed by atoms with Gasteiger partial charge in [-0.1, -0.05) is 0 Å². The number of pyridine rings is 1. The van der Waals surface area contributed by atoms with Gasteiger partial charge in [-0.05, 0) is 6.07 Å². The van der Waals surface area contributed by atoms with E-state index in [1.807, 2.05) is 6.07 Å². The number of methoxy groups -OCH3 is 3. The second kappa shape index (κ2) is 4.37. The fourth-order valence-electron chi connectivity index (χ4n) is 1.71. The fourth-order valence-corrected chi connectivity index (χ4v) is 1.71. The van der Waals surface area contributed by atoms with Gasteiger partial charge in [0.15, 0.2) is 11.5 Å². The predicted octanol–water partition coefficient (Wildman–Crippen LogP) is 1.84. The van der Waals surface area contributed by atoms with Crippen molar-refractivity contribution < 1.29 is 14.2 Å². The van der Waals surface area contributed by atoms with Crippen molar-refractivity contribution in [2.45, 2.75) is 0 Å². The molecule has 5 nitrogen and oxygen atoms in total. The molecule has 2 rings (SSSR count). The SMILES string of the molecule is COc1cc2nc(N)cc(OC)c2cc1OC. The van der Waals surface area contributed by atoms with Crippen LogP contribution in [0, 0.1) is 0 Å². The lowest BCUT2D eigenvalue weighted by Crippen LogP contribution is -1.96. The van der Waals surface area contributed by atoms with Crippen molar-refractivity contribution in [1.29, 1.82) is 0 Å². The Morgan fingerprint density at radius 2 is 1.47 bits per heavy atom. The standard InChI is InChI=1S/C12H14N2O3/c1-15-9-6-12(13)14-8-5-11(17-3)10(16-2)4-7(8)9/h4-6H,1-3H3,(H2,13,14). The number of anilines is 1. The highest BCUT2D eigenvalue weighted by atomic mass is 16.5. The van der Waals surface area contributed by atoms with Gasteiger partial charge >= 0.3 is 0 Å². The molecule has 5 heteroatoms. The first kappa shape index (κ1) is 11.3. The van der Waals surface area contributed by atoms with Gasteiger partial charge in [-0.2, -0.15) is 0 Å². The fraction of sp³-hybridized carbons (Fsp3) is 0.250. The van der Waals surface area contributed by atoms with Gasteiger partial charge in [0.25, 0.3) is 0 Å². The van der Waals surface area contributed by atoms with Gasteiger partial charge in [0, 0.05) is 17.5 Å². The van der Waals surface area contributed by atoms with Crippen molar-refractivity contribution in [1.82, 2.24) is 4.98 Å². The minimum absolute atomic E-state index is 0.404. The summed E-state index contributed by atoms with van der Waals surface area (Å²) in [5, 5.41) is 0.833. The first-order chi connectivity index (χ1) is 8.19. The van der Waals surface area contributed by atoms with Crippen molar-refractivity contribution in [3.05, 3.63) is 18.2 Å². The summed E-state index contributed by atoms with van der Waals surface area (Å²) in [6, 6.07) is 5.26. The molecule has 2 aromatic rings. The van der Waals surface area contributed by atoms with Crippen LogP contribution < -0.4 is 19.9 Å². The second-order valence-corrected chi connectivity index (χ2v) is 3.47. The Morgan fingerprint density at radius 1 is 0.882 bits per heavy atom. The van der Waals surface area contributed by atoms with E-state index in [2.05, 4.69) is 4.98 Å². The molecule has 0 spiro atoms. The van der Waals surface area contributed by atoms with E-state index in [1.165, 1.54) is 0 Å². The number of benzene rings is 1. The van der Waals surface area contributed by atoms with Crippen LogP contribution in [0.2, 0.25) is 0 Å². The molecular weight excluding hydrogens is 220 g/mol. The van der Waals surface area contributed by atoms with Crippen LogP contribution in [0.5, 0.6) is 17.2 Å². The summed E-state index contributed by atoms with van der Waals surface area (Å²) in [5.41, 5.74) is 6.41. The van der Waals surface area contributed by atoms with Gasteiger partial charge in [0.1, 0.15) is 11.6 Å². The van der Waals surface area contributed by atoms with Crippen molar-refractivity contribution in [3.8, 4) is 17.2 Å². The van der Waals surface area contributed by atoms with Crippen LogP contribution in [0.4, 0.5) is 5.82 Å². The lowest BCUT2D eigenvalue weighted by Gasteiger charge is -2.11. The van der Waals surface area contributed by atoms with Crippen LogP contribution in [-0.2, 0) is 0 Å². The maximum atomic E-state index is 5.70. The van der Waals surface area contributed by atoms with Crippen LogP contribution in [0.25, 0.3) is 10.9 Å². The first-order valence-corrected chi connectivity index (χ1v) is 5.06. The summed E-state index contributed by atoms with van der Waals surface area (Å²) in [4.78, 5) is 4.23. The Hall–Kier alpha value is -2.17. The zero-order chi connectivity index (χ0) is 12.4. The smallest absolute Gasteiger partial charge is 0.162 e. The zero-order valence-electron chi connectivity index (χ0n) is 9.98. The highest BCUT2D eigenvalue weighted by Gasteiger charge is 2.11. The zero-order valence-corrected chi connectivity index (χ0v) is 9.98. The number of nitrogens with two attached hydrogens (primary N) is 1. The Balaban J connectivity index is 2.77. The van der Waals surface area contributed by atoms with Crippen molar-refractivity contribution in [2.24, 2.45) is 0 Å². The molecule has 0 aliphatic rings. The van der Waals surface area contributed by atoms with Gasteiger partial charge in [0.05, 0.1) is 26.8 Å². The molecule has 0 fully saturated rings. The molecule has 0 bridgehead atoms. The van der Waals surface area contributed by atoms with Gasteiger partial charge in [-0.25, -0.2) is 4.98 Å². The molecule has 0 unspecified atom stereocenters. The molecule has 0 saturated heterocycles. The van der Waals surface area contributed by atoms with Crippen LogP contribution in [-0.4, -0.2) is 26.3 Å². The highest BCUT2D eigenvalue weighted by Crippen LogP contribution is 2.36. The number of aromatic nitrogens is 1. The van der Waals surface area contributed by atoms with Gasteiger partial charge < -0.3 is 19.9 Å². The number of ether oxygens (including phenoxy) is 3. The summed E-state index contributed by atoms with van der Waals surface area (Å²) in [6.45, 7) is 0. The van der Waals surface area contributed by atoms with E-state index in [1.54, 1.807) is 33.5 Å². The Morgan fingerprint density at radius 3 is 2.06 bits per heavy atom. The molecule has 0 atom stereocenters. The van der Waals surface area contributed by atoms with Crippen LogP contribution >= 0.6 is 0 Å². The minimum atomic E-state index is 0.404. The number of fused-ring (bicyclic) bond motifs is 1. The third kappa shape index (κ3) is 1.91. The summed E-state index contributed by atoms with van der Waals surface area (Å²) in [6.07, 6.45) is 0. The Kier molecular flexibility index (Phi) is 2.91. The third-order valence-corrected chi connectivity index (χ3v) is 2.52. The van der Waals surface area contributed by atoms with E-state index in [0.717, 1.165) is 5.39 Å². The number of nitrogens with zero attached hydrogens (tertiary/aromatic N) is 1. The first-order valence-electron chi connectivity index (χ1n) is 5.06. The Bertz CT molecular complexity index is 555. The van der Waals surface area contributed by atoms with Gasteiger partial charge in [0.2, 0.25) is 0 Å². The van der Waals surface area contributed by atoms with E-state index in [9.17, 15) is 0 Å². The predicted molar refractivity (Wildman–Crippen MR) is 65.8 cm³/mol. The van der Waals surface area contributed by atoms with Gasteiger partial charge in [-0.15, -0.1) is 0 Å². The normalized spacial score (nSPS) is 10.3. The van der Waals surface area contributed by atoms with Crippen LogP contribution in [0.1, 0.15) is 0 Å². The van der Waals surface area contributed by atoms with Crippen LogP contribution in [0.3, 0.4) is 0 Å². The van der Waals surface area contributed by atoms with E-state index in [0.29, 0.717) is 28.6 Å². The van der Waals surface area contributed by atoms with Crippen LogP contribution in [0.15, 0.2) is 18.2 Å². The summed E-state index contributed by atoms with van der Waals surface area (Å²) < 4.78 is 15.7. The monoisotopic (exact) mass is 234 g/mol. The molecular formula is C12H14N2O3. The minimum Gasteiger partial charge on any atom is -0.496 e. The van der Waals surface area contributed by atoms with Crippen molar-refractivity contribution in [2.75, 3.05) is 27.1 Å². The molecule has 0 aliphatic carbocycles. The molecule has 0 amide bonds. The number of hydrogen-bond donors (Lipinski definition) is 1.